The van der Waals surface area contributed by atoms with Crippen molar-refractivity contribution in [2.45, 2.75) is 49.8 Å². The van der Waals surface area contributed by atoms with Crippen molar-refractivity contribution in [1.29, 1.82) is 0 Å². The van der Waals surface area contributed by atoms with Gasteiger partial charge in [0.25, 0.3) is 0 Å². The number of methoxy groups -OCH3 is 1. The Bertz CT molecular complexity index is 1070. The molecule has 2 heterocycles. The van der Waals surface area contributed by atoms with Crippen molar-refractivity contribution in [3.8, 4) is 11.5 Å². The fourth-order valence-electron chi connectivity index (χ4n) is 4.16. The lowest BCUT2D eigenvalue weighted by Crippen LogP contribution is -2.60. The molecule has 2 aliphatic heterocycles. The highest BCUT2D eigenvalue weighted by Crippen LogP contribution is 2.36. The summed E-state index contributed by atoms with van der Waals surface area (Å²) in [5, 5.41) is 68.4. The van der Waals surface area contributed by atoms with Crippen molar-refractivity contribution in [2.75, 3.05) is 26.9 Å². The molecule has 3 rings (SSSR count). The Morgan fingerprint density at radius 3 is 2.44 bits per heavy atom. The van der Waals surface area contributed by atoms with E-state index in [-0.39, 0.29) is 35.7 Å². The second-order valence-electron chi connectivity index (χ2n) is 8.80. The summed E-state index contributed by atoms with van der Waals surface area (Å²) in [6.45, 7) is -1.34. The largest absolute Gasteiger partial charge is 0.504 e. The van der Waals surface area contributed by atoms with E-state index < -0.39 is 74.5 Å². The Morgan fingerprint density at radius 1 is 1.05 bits per heavy atom. The van der Waals surface area contributed by atoms with Crippen LogP contribution in [-0.4, -0.2) is 112 Å². The lowest BCUT2D eigenvalue weighted by atomic mass is 9.86. The van der Waals surface area contributed by atoms with E-state index in [2.05, 4.69) is 0 Å². The summed E-state index contributed by atoms with van der Waals surface area (Å²) < 4.78 is 26.5. The molecule has 39 heavy (non-hydrogen) atoms. The Labute approximate surface area is 222 Å². The van der Waals surface area contributed by atoms with Gasteiger partial charge in [0.2, 0.25) is 6.29 Å². The van der Waals surface area contributed by atoms with E-state index in [9.17, 15) is 45.3 Å². The maximum atomic E-state index is 12.7. The Morgan fingerprint density at radius 2 is 1.79 bits per heavy atom. The molecule has 1 saturated heterocycles. The van der Waals surface area contributed by atoms with Crippen LogP contribution >= 0.6 is 0 Å². The first-order chi connectivity index (χ1) is 18.6. The number of carbonyl (C=O) groups excluding carboxylic acids is 2. The summed E-state index contributed by atoms with van der Waals surface area (Å²) in [4.78, 5) is 25.1. The smallest absolute Gasteiger partial charge is 0.337 e. The van der Waals surface area contributed by atoms with Crippen molar-refractivity contribution in [3.05, 3.63) is 47.2 Å². The summed E-state index contributed by atoms with van der Waals surface area (Å²) in [6.07, 6.45) is -7.37. The molecular weight excluding hydrogens is 524 g/mol. The zero-order chi connectivity index (χ0) is 28.7. The minimum atomic E-state index is -1.75. The van der Waals surface area contributed by atoms with E-state index in [0.717, 1.165) is 13.4 Å². The Kier molecular flexibility index (Phi) is 10.7. The van der Waals surface area contributed by atoms with Gasteiger partial charge in [0, 0.05) is 17.9 Å². The zero-order valence-corrected chi connectivity index (χ0v) is 21.0. The van der Waals surface area contributed by atoms with Crippen molar-refractivity contribution in [2.24, 2.45) is 5.92 Å². The number of phenolic OH excluding ortho intramolecular Hbond substituents is 2. The van der Waals surface area contributed by atoms with E-state index in [4.69, 9.17) is 23.7 Å². The molecule has 1 aromatic carbocycles. The van der Waals surface area contributed by atoms with E-state index >= 15 is 0 Å². The molecule has 7 atom stereocenters. The van der Waals surface area contributed by atoms with Gasteiger partial charge in [-0.2, -0.15) is 0 Å². The molecule has 0 unspecified atom stereocenters. The highest BCUT2D eigenvalue weighted by atomic mass is 16.8. The molecule has 1 aromatic rings. The Balaban J connectivity index is 1.75. The summed E-state index contributed by atoms with van der Waals surface area (Å²) in [5.41, 5.74) is 0.581. The van der Waals surface area contributed by atoms with Crippen LogP contribution in [0.15, 0.2) is 41.7 Å². The highest BCUT2D eigenvalue weighted by Gasteiger charge is 2.47. The number of aliphatic hydroxyl groups is 5. The number of ether oxygens (including phenoxy) is 5. The minimum absolute atomic E-state index is 0.0813. The first-order valence-corrected chi connectivity index (χ1v) is 12.0. The third-order valence-electron chi connectivity index (χ3n) is 6.29. The average Bonchev–Trinajstić information content (AvgIpc) is 2.92. The topological polar surface area (TPSA) is 222 Å². The van der Waals surface area contributed by atoms with Crippen LogP contribution in [-0.2, 0) is 39.7 Å². The van der Waals surface area contributed by atoms with Crippen LogP contribution in [0, 0.1) is 5.92 Å². The van der Waals surface area contributed by atoms with Crippen molar-refractivity contribution >= 4 is 11.9 Å². The molecule has 216 valence electrons. The number of hydrogen-bond acceptors (Lipinski definition) is 14. The monoisotopic (exact) mass is 556 g/mol. The van der Waals surface area contributed by atoms with E-state index in [1.807, 2.05) is 0 Å². The second kappa shape index (κ2) is 13.7. The highest BCUT2D eigenvalue weighted by molar-refractivity contribution is 5.90. The van der Waals surface area contributed by atoms with Crippen molar-refractivity contribution in [3.63, 3.8) is 0 Å². The summed E-state index contributed by atoms with van der Waals surface area (Å²) in [7, 11) is 1.12. The van der Waals surface area contributed by atoms with Gasteiger partial charge >= 0.3 is 11.9 Å². The summed E-state index contributed by atoms with van der Waals surface area (Å²) >= 11 is 0. The number of benzene rings is 1. The van der Waals surface area contributed by atoms with Gasteiger partial charge in [-0.25, -0.2) is 4.79 Å². The van der Waals surface area contributed by atoms with Crippen molar-refractivity contribution in [1.82, 2.24) is 0 Å². The van der Waals surface area contributed by atoms with E-state index in [1.165, 1.54) is 18.2 Å². The molecule has 14 heteroatoms. The van der Waals surface area contributed by atoms with Crippen LogP contribution in [0.2, 0.25) is 0 Å². The molecule has 0 amide bonds. The maximum absolute atomic E-state index is 12.7. The molecule has 2 aliphatic rings. The SMILES string of the molecule is COC(=O)C1=CO[C@@H](O[C@@H]2O[C@H](CO)[C@@H](O)[C@H](O)[C@H]2O)/C(=C/CO)[C@@H]1CC(=O)OCCc1ccc(O)c(O)c1. The van der Waals surface area contributed by atoms with Crippen LogP contribution in [0.1, 0.15) is 12.0 Å². The lowest BCUT2D eigenvalue weighted by Gasteiger charge is -2.41. The van der Waals surface area contributed by atoms with Gasteiger partial charge in [-0.3, -0.25) is 4.79 Å². The third kappa shape index (κ3) is 7.24. The maximum Gasteiger partial charge on any atom is 0.337 e. The molecule has 0 aliphatic carbocycles. The van der Waals surface area contributed by atoms with Crippen LogP contribution in [0.25, 0.3) is 0 Å². The van der Waals surface area contributed by atoms with Crippen LogP contribution < -0.4 is 0 Å². The molecule has 0 aromatic heterocycles. The molecule has 0 radical (unpaired) electrons. The van der Waals surface area contributed by atoms with E-state index in [0.29, 0.717) is 5.56 Å². The Hall–Kier alpha value is -3.24. The van der Waals surface area contributed by atoms with Crippen LogP contribution in [0.4, 0.5) is 0 Å². The van der Waals surface area contributed by atoms with E-state index in [1.54, 1.807) is 6.07 Å². The van der Waals surface area contributed by atoms with Gasteiger partial charge in [0.1, 0.15) is 24.4 Å². The number of esters is 2. The summed E-state index contributed by atoms with van der Waals surface area (Å²) in [6, 6.07) is 4.16. The zero-order valence-electron chi connectivity index (χ0n) is 21.0. The predicted octanol–water partition coefficient (Wildman–Crippen LogP) is -1.66. The summed E-state index contributed by atoms with van der Waals surface area (Å²) in [5.74, 6) is -3.24. The standard InChI is InChI=1S/C25H32O14/c1-35-23(34)15-11-37-24(39-25-22(33)21(32)20(31)18(10-27)38-25)13(4-6-26)14(15)9-19(30)36-7-5-12-2-3-16(28)17(29)8-12/h2-4,8,11,14,18,20-22,24-29,31-33H,5-7,9-10H2,1H3/b13-4+/t14-,18+,20+,21-,22+,24-,25-/m0/s1. The quantitative estimate of drug-likeness (QED) is 0.0974. The third-order valence-corrected chi connectivity index (χ3v) is 6.29. The van der Waals surface area contributed by atoms with Gasteiger partial charge in [-0.1, -0.05) is 12.1 Å². The fourth-order valence-corrected chi connectivity index (χ4v) is 4.16. The normalized spacial score (nSPS) is 29.8. The van der Waals surface area contributed by atoms with Crippen molar-refractivity contribution < 1.29 is 69.0 Å². The molecule has 0 spiro atoms. The predicted molar refractivity (Wildman–Crippen MR) is 128 cm³/mol. The molecule has 7 N–H and O–H groups in total. The van der Waals surface area contributed by atoms with Gasteiger partial charge in [0.05, 0.1) is 45.2 Å². The molecular formula is C25H32O14. The van der Waals surface area contributed by atoms with Gasteiger partial charge in [-0.05, 0) is 17.7 Å². The molecule has 14 nitrogen and oxygen atoms in total. The molecule has 1 fully saturated rings. The number of phenols is 2. The van der Waals surface area contributed by atoms with Crippen LogP contribution in [0.3, 0.4) is 0 Å². The first kappa shape index (κ1) is 30.3. The number of aromatic hydroxyl groups is 2. The fraction of sp³-hybridized carbons (Fsp3) is 0.520. The first-order valence-electron chi connectivity index (χ1n) is 12.0. The second-order valence-corrected chi connectivity index (χ2v) is 8.80. The number of carbonyl (C=O) groups is 2. The van der Waals surface area contributed by atoms with Crippen LogP contribution in [0.5, 0.6) is 11.5 Å². The lowest BCUT2D eigenvalue weighted by molar-refractivity contribution is -0.327. The number of hydrogen-bond donors (Lipinski definition) is 7. The molecule has 0 bridgehead atoms. The molecule has 0 saturated carbocycles. The van der Waals surface area contributed by atoms with Gasteiger partial charge in [-0.15, -0.1) is 0 Å². The minimum Gasteiger partial charge on any atom is -0.504 e. The number of rotatable bonds is 10. The van der Waals surface area contributed by atoms with Gasteiger partial charge in [0.15, 0.2) is 17.8 Å². The van der Waals surface area contributed by atoms with Gasteiger partial charge < -0.3 is 59.4 Å². The average molecular weight is 557 g/mol. The number of aliphatic hydroxyl groups excluding tert-OH is 5.